The van der Waals surface area contributed by atoms with Crippen LogP contribution < -0.4 is 15.0 Å². The minimum atomic E-state index is -2.96. The quantitative estimate of drug-likeness (QED) is 0.554. The molecule has 0 aliphatic carbocycles. The van der Waals surface area contributed by atoms with Crippen molar-refractivity contribution in [1.29, 1.82) is 0 Å². The van der Waals surface area contributed by atoms with E-state index in [2.05, 4.69) is 15.2 Å². The first-order valence-electron chi connectivity index (χ1n) is 10.9. The van der Waals surface area contributed by atoms with Crippen molar-refractivity contribution >= 4 is 26.4 Å². The molecule has 0 amide bonds. The number of nitrogens with zero attached hydrogens (tertiary/aromatic N) is 2. The summed E-state index contributed by atoms with van der Waals surface area (Å²) in [7, 11) is -1.10. The van der Waals surface area contributed by atoms with Crippen LogP contribution >= 0.6 is 0 Å². The van der Waals surface area contributed by atoms with Crippen molar-refractivity contribution in [2.45, 2.75) is 6.42 Å². The molecule has 0 bridgehead atoms. The minimum Gasteiger partial charge on any atom is -0.492 e. The van der Waals surface area contributed by atoms with Crippen LogP contribution in [-0.4, -0.2) is 58.2 Å². The number of rotatable bonds is 6. The van der Waals surface area contributed by atoms with E-state index < -0.39 is 21.5 Å². The Balaban J connectivity index is 1.51. The highest BCUT2D eigenvalue weighted by atomic mass is 32.2. The molecule has 1 aromatic heterocycles. The average molecular weight is 474 g/mol. The van der Waals surface area contributed by atoms with Crippen LogP contribution in [0.15, 0.2) is 42.5 Å². The summed E-state index contributed by atoms with van der Waals surface area (Å²) in [6, 6.07) is 11.7. The second-order valence-corrected chi connectivity index (χ2v) is 11.1. The first kappa shape index (κ1) is 22.0. The summed E-state index contributed by atoms with van der Waals surface area (Å²) in [4.78, 5) is 6.68. The summed E-state index contributed by atoms with van der Waals surface area (Å²) in [6.07, 6.45) is 0.758. The molecule has 2 saturated heterocycles. The largest absolute Gasteiger partial charge is 0.492 e. The van der Waals surface area contributed by atoms with Gasteiger partial charge in [-0.1, -0.05) is 0 Å². The molecule has 1 spiro atoms. The van der Waals surface area contributed by atoms with Crippen molar-refractivity contribution in [3.8, 4) is 17.0 Å². The van der Waals surface area contributed by atoms with E-state index in [0.29, 0.717) is 36.3 Å². The molecule has 33 heavy (non-hydrogen) atoms. The number of benzene rings is 2. The first-order valence-corrected chi connectivity index (χ1v) is 12.7. The molecule has 9 heteroatoms. The standard InChI is InChI=1S/C24H25F2N3O3S/c1-27-7-9-32-17-4-2-16(3-5-17)21-12-23(18-10-19(25)20(26)11-22(18)28-21)29-8-6-24(13-29)14-33(30,31)15-24/h2-5,10-12,27H,6-9,13-15H2,1H3. The third-order valence-electron chi connectivity index (χ3n) is 6.43. The summed E-state index contributed by atoms with van der Waals surface area (Å²) in [6.45, 7) is 2.51. The van der Waals surface area contributed by atoms with E-state index in [1.807, 2.05) is 37.4 Å². The van der Waals surface area contributed by atoms with E-state index in [4.69, 9.17) is 4.74 Å². The van der Waals surface area contributed by atoms with Crippen molar-refractivity contribution in [3.05, 3.63) is 54.1 Å². The van der Waals surface area contributed by atoms with Crippen molar-refractivity contribution in [2.75, 3.05) is 49.7 Å². The number of fused-ring (bicyclic) bond motifs is 1. The number of anilines is 1. The van der Waals surface area contributed by atoms with Gasteiger partial charge < -0.3 is 15.0 Å². The van der Waals surface area contributed by atoms with Gasteiger partial charge >= 0.3 is 0 Å². The molecule has 3 heterocycles. The van der Waals surface area contributed by atoms with E-state index in [1.165, 1.54) is 6.07 Å². The molecule has 0 unspecified atom stereocenters. The first-order chi connectivity index (χ1) is 15.8. The van der Waals surface area contributed by atoms with Crippen LogP contribution in [0.4, 0.5) is 14.5 Å². The van der Waals surface area contributed by atoms with Crippen LogP contribution in [0.1, 0.15) is 6.42 Å². The summed E-state index contributed by atoms with van der Waals surface area (Å²) < 4.78 is 57.4. The van der Waals surface area contributed by atoms with Crippen LogP contribution in [0.2, 0.25) is 0 Å². The summed E-state index contributed by atoms with van der Waals surface area (Å²) in [5.41, 5.74) is 2.30. The van der Waals surface area contributed by atoms with Gasteiger partial charge in [0.2, 0.25) is 0 Å². The predicted molar refractivity (Wildman–Crippen MR) is 124 cm³/mol. The molecule has 174 valence electrons. The molecule has 0 saturated carbocycles. The fourth-order valence-corrected chi connectivity index (χ4v) is 7.13. The number of ether oxygens (including phenoxy) is 1. The molecular weight excluding hydrogens is 448 g/mol. The Kier molecular flexibility index (Phi) is 5.49. The number of halogens is 2. The van der Waals surface area contributed by atoms with Gasteiger partial charge in [0.05, 0.1) is 22.7 Å². The van der Waals surface area contributed by atoms with Crippen molar-refractivity contribution in [3.63, 3.8) is 0 Å². The van der Waals surface area contributed by atoms with E-state index in [0.717, 1.165) is 36.0 Å². The van der Waals surface area contributed by atoms with Gasteiger partial charge in [0.15, 0.2) is 21.5 Å². The normalized spacial score (nSPS) is 18.6. The summed E-state index contributed by atoms with van der Waals surface area (Å²) >= 11 is 0. The van der Waals surface area contributed by atoms with Gasteiger partial charge in [-0.25, -0.2) is 22.2 Å². The van der Waals surface area contributed by atoms with Gasteiger partial charge in [-0.05, 0) is 49.9 Å². The SMILES string of the molecule is CNCCOc1ccc(-c2cc(N3CCC4(C3)CS(=O)(=O)C4)c3cc(F)c(F)cc3n2)cc1. The Bertz CT molecular complexity index is 1300. The van der Waals surface area contributed by atoms with Gasteiger partial charge in [0.1, 0.15) is 12.4 Å². The number of aromatic nitrogens is 1. The topological polar surface area (TPSA) is 71.5 Å². The Labute approximate surface area is 191 Å². The molecule has 0 atom stereocenters. The minimum absolute atomic E-state index is 0.185. The van der Waals surface area contributed by atoms with Crippen LogP contribution in [0, 0.1) is 17.0 Å². The fourth-order valence-electron chi connectivity index (χ4n) is 4.87. The summed E-state index contributed by atoms with van der Waals surface area (Å²) in [5, 5.41) is 3.54. The zero-order chi connectivity index (χ0) is 23.2. The second-order valence-electron chi connectivity index (χ2n) is 8.99. The molecule has 2 fully saturated rings. The zero-order valence-electron chi connectivity index (χ0n) is 18.3. The lowest BCUT2D eigenvalue weighted by atomic mass is 9.91. The van der Waals surface area contributed by atoms with Crippen molar-refractivity contribution in [2.24, 2.45) is 5.41 Å². The third kappa shape index (κ3) is 4.27. The number of hydrogen-bond acceptors (Lipinski definition) is 6. The third-order valence-corrected chi connectivity index (χ3v) is 8.54. The van der Waals surface area contributed by atoms with Crippen LogP contribution in [0.5, 0.6) is 5.75 Å². The van der Waals surface area contributed by atoms with E-state index in [-0.39, 0.29) is 16.9 Å². The van der Waals surface area contributed by atoms with Crippen molar-refractivity contribution < 1.29 is 21.9 Å². The highest BCUT2D eigenvalue weighted by Gasteiger charge is 2.52. The zero-order valence-corrected chi connectivity index (χ0v) is 19.1. The lowest BCUT2D eigenvalue weighted by Crippen LogP contribution is -2.50. The van der Waals surface area contributed by atoms with E-state index in [9.17, 15) is 17.2 Å². The van der Waals surface area contributed by atoms with E-state index in [1.54, 1.807) is 0 Å². The lowest BCUT2D eigenvalue weighted by Gasteiger charge is -2.37. The highest BCUT2D eigenvalue weighted by Crippen LogP contribution is 2.44. The predicted octanol–water partition coefficient (Wildman–Crippen LogP) is 3.40. The average Bonchev–Trinajstić information content (AvgIpc) is 3.18. The molecule has 6 nitrogen and oxygen atoms in total. The van der Waals surface area contributed by atoms with Crippen LogP contribution in [-0.2, 0) is 9.84 Å². The molecule has 0 radical (unpaired) electrons. The van der Waals surface area contributed by atoms with Gasteiger partial charge in [-0.3, -0.25) is 0 Å². The van der Waals surface area contributed by atoms with Crippen LogP contribution in [0.25, 0.3) is 22.2 Å². The Morgan fingerprint density at radius 3 is 2.55 bits per heavy atom. The number of pyridine rings is 1. The molecular formula is C24H25F2N3O3S. The maximum Gasteiger partial charge on any atom is 0.161 e. The van der Waals surface area contributed by atoms with Crippen LogP contribution in [0.3, 0.4) is 0 Å². The second kappa shape index (κ2) is 8.22. The number of hydrogen-bond donors (Lipinski definition) is 1. The number of nitrogens with one attached hydrogen (secondary N) is 1. The molecule has 3 aromatic rings. The molecule has 2 aliphatic heterocycles. The number of sulfone groups is 1. The highest BCUT2D eigenvalue weighted by molar-refractivity contribution is 7.92. The summed E-state index contributed by atoms with van der Waals surface area (Å²) in [5.74, 6) is -0.777. The molecule has 1 N–H and O–H groups in total. The Morgan fingerprint density at radius 2 is 1.85 bits per heavy atom. The maximum absolute atomic E-state index is 14.1. The van der Waals surface area contributed by atoms with Crippen molar-refractivity contribution in [1.82, 2.24) is 10.3 Å². The van der Waals surface area contributed by atoms with Gasteiger partial charge in [0, 0.05) is 47.8 Å². The number of likely N-dealkylation sites (N-methyl/N-ethyl adjacent to an activating group) is 1. The maximum atomic E-state index is 14.1. The molecule has 2 aliphatic rings. The smallest absolute Gasteiger partial charge is 0.161 e. The van der Waals surface area contributed by atoms with Gasteiger partial charge in [0.25, 0.3) is 0 Å². The van der Waals surface area contributed by atoms with E-state index >= 15 is 0 Å². The van der Waals surface area contributed by atoms with Gasteiger partial charge in [-0.15, -0.1) is 0 Å². The molecule has 2 aromatic carbocycles. The Hall–Kier alpha value is -2.78. The monoisotopic (exact) mass is 473 g/mol. The fraction of sp³-hybridized carbons (Fsp3) is 0.375. The molecule has 5 rings (SSSR count). The Morgan fingerprint density at radius 1 is 1.12 bits per heavy atom. The van der Waals surface area contributed by atoms with Gasteiger partial charge in [-0.2, -0.15) is 0 Å². The lowest BCUT2D eigenvalue weighted by molar-refractivity contribution is 0.318.